The van der Waals surface area contributed by atoms with Crippen molar-refractivity contribution < 1.29 is 4.92 Å². The van der Waals surface area contributed by atoms with Gasteiger partial charge in [-0.25, -0.2) is 0 Å². The van der Waals surface area contributed by atoms with Crippen LogP contribution in [0.1, 0.15) is 0 Å². The first-order valence-electron chi connectivity index (χ1n) is 7.19. The number of fused-ring (bicyclic) bond motifs is 1. The molecule has 3 aromatic rings. The molecule has 0 aliphatic rings. The van der Waals surface area contributed by atoms with Crippen LogP contribution in [0.25, 0.3) is 10.8 Å². The maximum Gasteiger partial charge on any atom is 0.269 e. The van der Waals surface area contributed by atoms with E-state index in [1.165, 1.54) is 12.1 Å². The van der Waals surface area contributed by atoms with Crippen LogP contribution in [-0.2, 0) is 0 Å². The summed E-state index contributed by atoms with van der Waals surface area (Å²) in [5.74, 6) is 0. The Kier molecular flexibility index (Phi) is 4.53. The standard InChI is InChI=1S/C17H14N4O2S/c22-21(23)14-10-8-13(9-11-14)18-17(24)20-19-16-7-3-5-12-4-1-2-6-15(12)16/h1-11,19H,(H2,18,20,24). The van der Waals surface area contributed by atoms with Crippen LogP contribution in [0.2, 0.25) is 0 Å². The molecule has 0 spiro atoms. The van der Waals surface area contributed by atoms with Crippen LogP contribution in [0, 0.1) is 10.1 Å². The molecule has 0 aliphatic carbocycles. The van der Waals surface area contributed by atoms with Crippen molar-refractivity contribution in [3.05, 3.63) is 76.8 Å². The fourth-order valence-corrected chi connectivity index (χ4v) is 2.46. The van der Waals surface area contributed by atoms with Gasteiger partial charge in [-0.15, -0.1) is 0 Å². The number of nitrogens with zero attached hydrogens (tertiary/aromatic N) is 1. The molecule has 0 heterocycles. The summed E-state index contributed by atoms with van der Waals surface area (Å²) in [4.78, 5) is 10.2. The fraction of sp³-hybridized carbons (Fsp3) is 0. The fourth-order valence-electron chi connectivity index (χ4n) is 2.29. The van der Waals surface area contributed by atoms with E-state index in [4.69, 9.17) is 12.2 Å². The summed E-state index contributed by atoms with van der Waals surface area (Å²) in [7, 11) is 0. The van der Waals surface area contributed by atoms with Crippen LogP contribution in [0.5, 0.6) is 0 Å². The highest BCUT2D eigenvalue weighted by Crippen LogP contribution is 2.22. The summed E-state index contributed by atoms with van der Waals surface area (Å²) in [6, 6.07) is 20.0. The van der Waals surface area contributed by atoms with E-state index in [9.17, 15) is 10.1 Å². The molecule has 24 heavy (non-hydrogen) atoms. The van der Waals surface area contributed by atoms with Gasteiger partial charge >= 0.3 is 0 Å². The van der Waals surface area contributed by atoms with Gasteiger partial charge in [-0.05, 0) is 35.8 Å². The number of thiocarbonyl (C=S) groups is 1. The van der Waals surface area contributed by atoms with Gasteiger partial charge in [-0.2, -0.15) is 0 Å². The van der Waals surface area contributed by atoms with Gasteiger partial charge in [-0.3, -0.25) is 21.0 Å². The number of anilines is 2. The minimum atomic E-state index is -0.442. The molecule has 7 heteroatoms. The van der Waals surface area contributed by atoms with E-state index >= 15 is 0 Å². The second-order valence-corrected chi connectivity index (χ2v) is 5.44. The lowest BCUT2D eigenvalue weighted by Crippen LogP contribution is -2.33. The minimum absolute atomic E-state index is 0.0355. The first-order valence-corrected chi connectivity index (χ1v) is 7.59. The maximum atomic E-state index is 10.6. The number of nitro benzene ring substituents is 1. The van der Waals surface area contributed by atoms with Crippen molar-refractivity contribution in [2.24, 2.45) is 0 Å². The summed E-state index contributed by atoms with van der Waals surface area (Å²) in [6.45, 7) is 0. The van der Waals surface area contributed by atoms with Crippen LogP contribution >= 0.6 is 12.2 Å². The van der Waals surface area contributed by atoms with Gasteiger partial charge in [0.15, 0.2) is 5.11 Å². The normalized spacial score (nSPS) is 10.2. The van der Waals surface area contributed by atoms with Gasteiger partial charge in [0, 0.05) is 23.2 Å². The van der Waals surface area contributed by atoms with Crippen LogP contribution in [0.3, 0.4) is 0 Å². The van der Waals surface area contributed by atoms with Gasteiger partial charge in [0.2, 0.25) is 0 Å². The SMILES string of the molecule is O=[N+]([O-])c1ccc(NC(=S)NNc2cccc3ccccc23)cc1. The van der Waals surface area contributed by atoms with Crippen molar-refractivity contribution in [1.29, 1.82) is 0 Å². The third-order valence-electron chi connectivity index (χ3n) is 3.44. The smallest absolute Gasteiger partial charge is 0.269 e. The number of hydrazine groups is 1. The van der Waals surface area contributed by atoms with Crippen LogP contribution in [-0.4, -0.2) is 10.0 Å². The second-order valence-electron chi connectivity index (χ2n) is 5.03. The van der Waals surface area contributed by atoms with Crippen LogP contribution in [0.4, 0.5) is 17.1 Å². The van der Waals surface area contributed by atoms with E-state index in [1.807, 2.05) is 42.5 Å². The number of hydrogen-bond acceptors (Lipinski definition) is 4. The molecule has 0 bridgehead atoms. The molecule has 0 amide bonds. The topological polar surface area (TPSA) is 79.2 Å². The average Bonchev–Trinajstić information content (AvgIpc) is 2.60. The van der Waals surface area contributed by atoms with Crippen molar-refractivity contribution >= 4 is 45.2 Å². The molecule has 3 rings (SSSR count). The lowest BCUT2D eigenvalue weighted by Gasteiger charge is -2.14. The Morgan fingerprint density at radius 3 is 2.42 bits per heavy atom. The molecule has 0 radical (unpaired) electrons. The molecule has 120 valence electrons. The van der Waals surface area contributed by atoms with Crippen molar-refractivity contribution in [2.75, 3.05) is 10.7 Å². The maximum absolute atomic E-state index is 10.6. The largest absolute Gasteiger partial charge is 0.331 e. The quantitative estimate of drug-likeness (QED) is 0.378. The number of rotatable bonds is 4. The Hall–Kier alpha value is -3.19. The first-order chi connectivity index (χ1) is 11.6. The van der Waals surface area contributed by atoms with Gasteiger partial charge in [0.1, 0.15) is 0 Å². The van der Waals surface area contributed by atoms with Crippen LogP contribution < -0.4 is 16.2 Å². The predicted molar refractivity (Wildman–Crippen MR) is 100 cm³/mol. The molecule has 0 aromatic heterocycles. The zero-order chi connectivity index (χ0) is 16.9. The summed E-state index contributed by atoms with van der Waals surface area (Å²) in [5.41, 5.74) is 7.59. The van der Waals surface area contributed by atoms with E-state index in [2.05, 4.69) is 16.2 Å². The molecule has 0 saturated heterocycles. The Labute approximate surface area is 143 Å². The highest BCUT2D eigenvalue weighted by molar-refractivity contribution is 7.80. The van der Waals surface area contributed by atoms with E-state index in [0.717, 1.165) is 16.5 Å². The average molecular weight is 338 g/mol. The molecule has 3 N–H and O–H groups in total. The summed E-state index contributed by atoms with van der Waals surface area (Å²) < 4.78 is 0. The van der Waals surface area contributed by atoms with E-state index in [-0.39, 0.29) is 5.69 Å². The molecule has 3 aromatic carbocycles. The first kappa shape index (κ1) is 15.7. The zero-order valence-corrected chi connectivity index (χ0v) is 13.3. The van der Waals surface area contributed by atoms with Crippen LogP contribution in [0.15, 0.2) is 66.7 Å². The Morgan fingerprint density at radius 2 is 1.67 bits per heavy atom. The molecule has 0 saturated carbocycles. The predicted octanol–water partition coefficient (Wildman–Crippen LogP) is 4.06. The van der Waals surface area contributed by atoms with Gasteiger partial charge in [0.25, 0.3) is 5.69 Å². The Bertz CT molecular complexity index is 891. The number of nitro groups is 1. The molecular formula is C17H14N4O2S. The number of non-ortho nitro benzene ring substituents is 1. The molecular weight excluding hydrogens is 324 g/mol. The summed E-state index contributed by atoms with van der Waals surface area (Å²) in [6.07, 6.45) is 0. The third-order valence-corrected chi connectivity index (χ3v) is 3.64. The van der Waals surface area contributed by atoms with E-state index in [0.29, 0.717) is 10.8 Å². The van der Waals surface area contributed by atoms with E-state index < -0.39 is 4.92 Å². The molecule has 0 atom stereocenters. The molecule has 0 fully saturated rings. The monoisotopic (exact) mass is 338 g/mol. The van der Waals surface area contributed by atoms with Gasteiger partial charge in [-0.1, -0.05) is 36.4 Å². The zero-order valence-electron chi connectivity index (χ0n) is 12.5. The molecule has 0 unspecified atom stereocenters. The summed E-state index contributed by atoms with van der Waals surface area (Å²) >= 11 is 5.22. The lowest BCUT2D eigenvalue weighted by molar-refractivity contribution is -0.384. The van der Waals surface area contributed by atoms with Gasteiger partial charge in [0.05, 0.1) is 10.6 Å². The molecule has 0 aliphatic heterocycles. The number of nitrogens with one attached hydrogen (secondary N) is 3. The third kappa shape index (κ3) is 3.58. The van der Waals surface area contributed by atoms with Crippen molar-refractivity contribution in [2.45, 2.75) is 0 Å². The summed E-state index contributed by atoms with van der Waals surface area (Å²) in [5, 5.41) is 16.2. The number of benzene rings is 3. The molecule has 6 nitrogen and oxygen atoms in total. The lowest BCUT2D eigenvalue weighted by atomic mass is 10.1. The number of hydrogen-bond donors (Lipinski definition) is 3. The van der Waals surface area contributed by atoms with Crippen molar-refractivity contribution in [3.8, 4) is 0 Å². The van der Waals surface area contributed by atoms with E-state index in [1.54, 1.807) is 12.1 Å². The Morgan fingerprint density at radius 1 is 0.958 bits per heavy atom. The Balaban J connectivity index is 1.64. The second kappa shape index (κ2) is 6.93. The van der Waals surface area contributed by atoms with Gasteiger partial charge < -0.3 is 5.32 Å². The minimum Gasteiger partial charge on any atom is -0.331 e. The highest BCUT2D eigenvalue weighted by Gasteiger charge is 2.05. The van der Waals surface area contributed by atoms with Crippen molar-refractivity contribution in [1.82, 2.24) is 5.43 Å². The van der Waals surface area contributed by atoms with Crippen molar-refractivity contribution in [3.63, 3.8) is 0 Å². The highest BCUT2D eigenvalue weighted by atomic mass is 32.1.